The Bertz CT molecular complexity index is 294. The lowest BCUT2D eigenvalue weighted by atomic mass is 10.0. The molecule has 2 bridgehead atoms. The first-order chi connectivity index (χ1) is 7.15. The predicted molar refractivity (Wildman–Crippen MR) is 58.0 cm³/mol. The largest absolute Gasteiger partial charge is 0.450 e. The number of carbonyl (C=O) groups excluding carboxylic acids is 2. The molecule has 0 radical (unpaired) electrons. The van der Waals surface area contributed by atoms with Crippen LogP contribution in [0.1, 0.15) is 26.2 Å². The zero-order valence-electron chi connectivity index (χ0n) is 8.61. The van der Waals surface area contributed by atoms with E-state index in [1.165, 1.54) is 0 Å². The average molecular weight is 276 g/mol. The first-order valence-electron chi connectivity index (χ1n) is 5.27. The molecular formula is C10H14BrNO3. The summed E-state index contributed by atoms with van der Waals surface area (Å²) < 4.78 is 5.00. The Balaban J connectivity index is 2.14. The standard InChI is InChI=1S/C10H14BrNO3/c1-2-15-10(14)12-6-3-4-7(12)9(11)8(13)5-6/h6-7,9H,2-5H2,1H3/t6-,7+,9?/m0/s1. The fourth-order valence-corrected chi connectivity index (χ4v) is 3.15. The summed E-state index contributed by atoms with van der Waals surface area (Å²) in [5.74, 6) is 0.211. The number of halogens is 1. The van der Waals surface area contributed by atoms with Crippen LogP contribution < -0.4 is 0 Å². The highest BCUT2D eigenvalue weighted by Crippen LogP contribution is 2.37. The first-order valence-corrected chi connectivity index (χ1v) is 6.18. The van der Waals surface area contributed by atoms with Crippen molar-refractivity contribution in [1.82, 2.24) is 4.90 Å². The number of Topliss-reactive ketones (excluding diaryl/α,β-unsaturated/α-hetero) is 1. The quantitative estimate of drug-likeness (QED) is 0.685. The van der Waals surface area contributed by atoms with E-state index in [1.807, 2.05) is 0 Å². The van der Waals surface area contributed by atoms with Gasteiger partial charge < -0.3 is 9.64 Å². The van der Waals surface area contributed by atoms with E-state index in [4.69, 9.17) is 4.74 Å². The Kier molecular flexibility index (Phi) is 3.00. The van der Waals surface area contributed by atoms with Crippen LogP contribution in [0.4, 0.5) is 4.79 Å². The van der Waals surface area contributed by atoms with E-state index in [0.717, 1.165) is 12.8 Å². The Morgan fingerprint density at radius 2 is 2.33 bits per heavy atom. The minimum Gasteiger partial charge on any atom is -0.450 e. The van der Waals surface area contributed by atoms with Gasteiger partial charge in [0.1, 0.15) is 0 Å². The molecule has 2 fully saturated rings. The molecule has 4 nitrogen and oxygen atoms in total. The van der Waals surface area contributed by atoms with Gasteiger partial charge in [-0.25, -0.2) is 4.79 Å². The van der Waals surface area contributed by atoms with Crippen molar-refractivity contribution in [2.75, 3.05) is 6.61 Å². The number of carbonyl (C=O) groups is 2. The van der Waals surface area contributed by atoms with Crippen molar-refractivity contribution in [3.63, 3.8) is 0 Å². The zero-order valence-corrected chi connectivity index (χ0v) is 10.2. The van der Waals surface area contributed by atoms with Gasteiger partial charge in [-0.2, -0.15) is 0 Å². The van der Waals surface area contributed by atoms with Gasteiger partial charge in [0.15, 0.2) is 5.78 Å². The summed E-state index contributed by atoms with van der Waals surface area (Å²) in [5, 5.41) is 0. The Labute approximate surface area is 97.1 Å². The van der Waals surface area contributed by atoms with E-state index in [-0.39, 0.29) is 28.8 Å². The van der Waals surface area contributed by atoms with Crippen LogP contribution in [-0.2, 0) is 9.53 Å². The average Bonchev–Trinajstić information content (AvgIpc) is 2.54. The van der Waals surface area contributed by atoms with E-state index >= 15 is 0 Å². The van der Waals surface area contributed by atoms with Gasteiger partial charge in [0.25, 0.3) is 0 Å². The smallest absolute Gasteiger partial charge is 0.410 e. The van der Waals surface area contributed by atoms with Crippen LogP contribution in [0.15, 0.2) is 0 Å². The summed E-state index contributed by atoms with van der Waals surface area (Å²) >= 11 is 3.37. The van der Waals surface area contributed by atoms with Crippen molar-refractivity contribution in [3.05, 3.63) is 0 Å². The monoisotopic (exact) mass is 275 g/mol. The molecule has 0 N–H and O–H groups in total. The summed E-state index contributed by atoms with van der Waals surface area (Å²) in [5.41, 5.74) is 0. The number of rotatable bonds is 1. The molecule has 2 rings (SSSR count). The number of hydrogen-bond donors (Lipinski definition) is 0. The molecule has 1 amide bonds. The molecule has 3 atom stereocenters. The molecule has 0 aromatic rings. The van der Waals surface area contributed by atoms with E-state index in [0.29, 0.717) is 13.0 Å². The molecule has 2 saturated heterocycles. The number of alkyl halides is 1. The lowest BCUT2D eigenvalue weighted by Gasteiger charge is -2.35. The van der Waals surface area contributed by atoms with Gasteiger partial charge >= 0.3 is 6.09 Å². The fraction of sp³-hybridized carbons (Fsp3) is 0.800. The van der Waals surface area contributed by atoms with Crippen LogP contribution in [0.25, 0.3) is 0 Å². The summed E-state index contributed by atoms with van der Waals surface area (Å²) in [6, 6.07) is 0.0608. The highest BCUT2D eigenvalue weighted by atomic mass is 79.9. The second-order valence-electron chi connectivity index (χ2n) is 3.98. The van der Waals surface area contributed by atoms with Gasteiger partial charge in [-0.1, -0.05) is 15.9 Å². The third kappa shape index (κ3) is 1.77. The van der Waals surface area contributed by atoms with Crippen LogP contribution in [0.2, 0.25) is 0 Å². The Morgan fingerprint density at radius 3 is 3.00 bits per heavy atom. The summed E-state index contributed by atoms with van der Waals surface area (Å²) in [6.45, 7) is 2.18. The second-order valence-corrected chi connectivity index (χ2v) is 4.96. The number of hydrogen-bond acceptors (Lipinski definition) is 3. The van der Waals surface area contributed by atoms with Gasteiger partial charge in [0, 0.05) is 12.5 Å². The van der Waals surface area contributed by atoms with Crippen molar-refractivity contribution < 1.29 is 14.3 Å². The maximum atomic E-state index is 11.7. The predicted octanol–water partition coefficient (Wildman–Crippen LogP) is 1.71. The van der Waals surface area contributed by atoms with Crippen LogP contribution in [0.3, 0.4) is 0 Å². The molecule has 0 saturated carbocycles. The topological polar surface area (TPSA) is 46.6 Å². The molecular weight excluding hydrogens is 262 g/mol. The molecule has 2 heterocycles. The SMILES string of the molecule is CCOC(=O)N1[C@H]2CC[C@@H]1C(Br)C(=O)C2. The van der Waals surface area contributed by atoms with Crippen LogP contribution in [0, 0.1) is 0 Å². The summed E-state index contributed by atoms with van der Waals surface area (Å²) in [4.78, 5) is 24.8. The lowest BCUT2D eigenvalue weighted by Crippen LogP contribution is -2.52. The molecule has 15 heavy (non-hydrogen) atoms. The van der Waals surface area contributed by atoms with Gasteiger partial charge in [-0.15, -0.1) is 0 Å². The molecule has 0 aliphatic carbocycles. The number of ketones is 1. The van der Waals surface area contributed by atoms with Crippen molar-refractivity contribution in [2.45, 2.75) is 43.1 Å². The third-order valence-corrected chi connectivity index (χ3v) is 4.23. The number of piperidine rings is 1. The van der Waals surface area contributed by atoms with Crippen LogP contribution in [-0.4, -0.2) is 40.3 Å². The van der Waals surface area contributed by atoms with E-state index in [1.54, 1.807) is 11.8 Å². The third-order valence-electron chi connectivity index (χ3n) is 3.11. The summed E-state index contributed by atoms with van der Waals surface area (Å²) in [6.07, 6.45) is 2.00. The maximum absolute atomic E-state index is 11.7. The van der Waals surface area contributed by atoms with Crippen molar-refractivity contribution in [2.24, 2.45) is 0 Å². The zero-order chi connectivity index (χ0) is 11.0. The molecule has 2 aliphatic heterocycles. The van der Waals surface area contributed by atoms with Gasteiger partial charge in [0.05, 0.1) is 17.5 Å². The number of amides is 1. The number of nitrogens with zero attached hydrogens (tertiary/aromatic N) is 1. The lowest BCUT2D eigenvalue weighted by molar-refractivity contribution is -0.122. The van der Waals surface area contributed by atoms with Gasteiger partial charge in [-0.05, 0) is 19.8 Å². The normalized spacial score (nSPS) is 34.4. The van der Waals surface area contributed by atoms with Gasteiger partial charge in [0.2, 0.25) is 0 Å². The molecule has 0 aromatic heterocycles. The minimum atomic E-state index is -0.276. The first kappa shape index (κ1) is 10.9. The highest BCUT2D eigenvalue weighted by molar-refractivity contribution is 9.10. The van der Waals surface area contributed by atoms with E-state index in [2.05, 4.69) is 15.9 Å². The van der Waals surface area contributed by atoms with Crippen molar-refractivity contribution in [3.8, 4) is 0 Å². The Morgan fingerprint density at radius 1 is 1.60 bits per heavy atom. The molecule has 5 heteroatoms. The Hall–Kier alpha value is -0.580. The second kappa shape index (κ2) is 4.12. The van der Waals surface area contributed by atoms with E-state index in [9.17, 15) is 9.59 Å². The number of ether oxygens (including phenoxy) is 1. The van der Waals surface area contributed by atoms with Crippen LogP contribution >= 0.6 is 15.9 Å². The fourth-order valence-electron chi connectivity index (χ4n) is 2.44. The van der Waals surface area contributed by atoms with Crippen LogP contribution in [0.5, 0.6) is 0 Å². The highest BCUT2D eigenvalue weighted by Gasteiger charge is 2.48. The number of fused-ring (bicyclic) bond motifs is 2. The maximum Gasteiger partial charge on any atom is 0.410 e. The molecule has 1 unspecified atom stereocenters. The van der Waals surface area contributed by atoms with Crippen molar-refractivity contribution >= 4 is 27.8 Å². The van der Waals surface area contributed by atoms with E-state index < -0.39 is 0 Å². The van der Waals surface area contributed by atoms with Gasteiger partial charge in [-0.3, -0.25) is 4.79 Å². The molecule has 2 aliphatic rings. The summed E-state index contributed by atoms with van der Waals surface area (Å²) in [7, 11) is 0. The molecule has 0 spiro atoms. The molecule has 84 valence electrons. The molecule has 0 aromatic carbocycles. The minimum absolute atomic E-state index is 0.00435. The van der Waals surface area contributed by atoms with Crippen molar-refractivity contribution in [1.29, 1.82) is 0 Å².